The van der Waals surface area contributed by atoms with E-state index in [-0.39, 0.29) is 36.1 Å². The minimum Gasteiger partial charge on any atom is -0.340 e. The zero-order valence-electron chi connectivity index (χ0n) is 17.4. The van der Waals surface area contributed by atoms with Gasteiger partial charge in [0.1, 0.15) is 11.4 Å². The van der Waals surface area contributed by atoms with E-state index in [1.54, 1.807) is 17.0 Å². The molecular formula is C22H29FN4O3. The van der Waals surface area contributed by atoms with Crippen molar-refractivity contribution in [3.63, 3.8) is 0 Å². The number of hydrogen-bond acceptors (Lipinski definition) is 4. The summed E-state index contributed by atoms with van der Waals surface area (Å²) in [5, 5.41) is 2.97. The van der Waals surface area contributed by atoms with Crippen LogP contribution in [0.1, 0.15) is 38.2 Å². The normalized spacial score (nSPS) is 24.4. The second-order valence-corrected chi connectivity index (χ2v) is 8.56. The Morgan fingerprint density at radius 3 is 2.53 bits per heavy atom. The van der Waals surface area contributed by atoms with E-state index >= 15 is 0 Å². The number of urea groups is 1. The van der Waals surface area contributed by atoms with Gasteiger partial charge in [-0.15, -0.1) is 0 Å². The molecule has 0 unspecified atom stereocenters. The van der Waals surface area contributed by atoms with Crippen molar-refractivity contribution in [2.24, 2.45) is 0 Å². The van der Waals surface area contributed by atoms with Crippen LogP contribution in [0, 0.1) is 5.82 Å². The maximum atomic E-state index is 13.3. The van der Waals surface area contributed by atoms with Gasteiger partial charge in [-0.25, -0.2) is 9.18 Å². The largest absolute Gasteiger partial charge is 0.340 e. The number of imide groups is 1. The van der Waals surface area contributed by atoms with Crippen molar-refractivity contribution in [2.45, 2.75) is 50.6 Å². The van der Waals surface area contributed by atoms with Crippen molar-refractivity contribution >= 4 is 17.8 Å². The van der Waals surface area contributed by atoms with Crippen LogP contribution in [0.5, 0.6) is 0 Å². The molecule has 1 aromatic carbocycles. The van der Waals surface area contributed by atoms with E-state index in [9.17, 15) is 18.8 Å². The minimum absolute atomic E-state index is 0.0654. The molecule has 8 heteroatoms. The fraction of sp³-hybridized carbons (Fsp3) is 0.591. The van der Waals surface area contributed by atoms with Gasteiger partial charge in [-0.3, -0.25) is 14.5 Å². The lowest BCUT2D eigenvalue weighted by Crippen LogP contribution is -2.56. The highest BCUT2D eigenvalue weighted by atomic mass is 19.1. The Kier molecular flexibility index (Phi) is 5.77. The van der Waals surface area contributed by atoms with Gasteiger partial charge >= 0.3 is 6.03 Å². The van der Waals surface area contributed by atoms with E-state index in [2.05, 4.69) is 17.1 Å². The third-order valence-corrected chi connectivity index (χ3v) is 6.73. The quantitative estimate of drug-likeness (QED) is 0.760. The summed E-state index contributed by atoms with van der Waals surface area (Å²) in [6, 6.07) is 5.28. The summed E-state index contributed by atoms with van der Waals surface area (Å²) in [6.45, 7) is 5.59. The number of nitrogens with one attached hydrogen (secondary N) is 1. The number of benzene rings is 1. The highest BCUT2D eigenvalue weighted by Gasteiger charge is 2.54. The van der Waals surface area contributed by atoms with Gasteiger partial charge < -0.3 is 15.1 Å². The third-order valence-electron chi connectivity index (χ3n) is 6.73. The molecule has 3 aliphatic rings. The van der Waals surface area contributed by atoms with Crippen LogP contribution in [0.15, 0.2) is 24.3 Å². The molecule has 4 rings (SSSR count). The molecule has 3 aliphatic heterocycles. The summed E-state index contributed by atoms with van der Waals surface area (Å²) in [5.74, 6) is -0.535. The molecule has 4 amide bonds. The summed E-state index contributed by atoms with van der Waals surface area (Å²) in [7, 11) is 0. The summed E-state index contributed by atoms with van der Waals surface area (Å²) in [4.78, 5) is 44.2. The van der Waals surface area contributed by atoms with Crippen LogP contribution in [0.3, 0.4) is 0 Å². The summed E-state index contributed by atoms with van der Waals surface area (Å²) in [5.41, 5.74) is -0.0384. The molecule has 0 aromatic heterocycles. The highest BCUT2D eigenvalue weighted by molar-refractivity contribution is 6.07. The minimum atomic E-state index is -0.789. The zero-order chi connectivity index (χ0) is 21.3. The molecule has 0 saturated carbocycles. The van der Waals surface area contributed by atoms with Crippen LogP contribution in [0.25, 0.3) is 0 Å². The van der Waals surface area contributed by atoms with E-state index in [0.29, 0.717) is 32.4 Å². The standard InChI is InChI=1S/C22H29FN4O3/c1-2-25-12-9-22(10-13-25)20(29)27(21(30)24-22)18-4-3-11-26(15-18)19(28)14-16-5-7-17(23)8-6-16/h5-8,18H,2-4,9-15H2,1H3,(H,24,30)/t18-/m0/s1. The Hall–Kier alpha value is -2.48. The van der Waals surface area contributed by atoms with Gasteiger partial charge in [-0.05, 0) is 49.9 Å². The number of hydrogen-bond donors (Lipinski definition) is 1. The Balaban J connectivity index is 1.41. The maximum absolute atomic E-state index is 13.3. The fourth-order valence-electron chi connectivity index (χ4n) is 4.84. The predicted octanol–water partition coefficient (Wildman–Crippen LogP) is 1.77. The SMILES string of the molecule is CCN1CCC2(CC1)NC(=O)N([C@H]1CCCN(C(=O)Cc3ccc(F)cc3)C1)C2=O. The third kappa shape index (κ3) is 3.93. The van der Waals surface area contributed by atoms with Gasteiger partial charge in [-0.2, -0.15) is 0 Å². The lowest BCUT2D eigenvalue weighted by molar-refractivity contribution is -0.138. The first-order valence-electron chi connectivity index (χ1n) is 10.8. The van der Waals surface area contributed by atoms with Gasteiger partial charge in [0.15, 0.2) is 0 Å². The van der Waals surface area contributed by atoms with Gasteiger partial charge in [0.2, 0.25) is 5.91 Å². The number of piperidine rings is 2. The summed E-state index contributed by atoms with van der Waals surface area (Å²) < 4.78 is 13.1. The first-order valence-corrected chi connectivity index (χ1v) is 10.8. The number of halogens is 1. The number of carbonyl (C=O) groups is 3. The molecule has 0 radical (unpaired) electrons. The monoisotopic (exact) mass is 416 g/mol. The number of rotatable bonds is 4. The van der Waals surface area contributed by atoms with Crippen molar-refractivity contribution in [1.29, 1.82) is 0 Å². The maximum Gasteiger partial charge on any atom is 0.325 e. The molecule has 1 N–H and O–H groups in total. The average molecular weight is 416 g/mol. The molecule has 1 atom stereocenters. The van der Waals surface area contributed by atoms with E-state index < -0.39 is 5.54 Å². The molecular weight excluding hydrogens is 387 g/mol. The molecule has 7 nitrogen and oxygen atoms in total. The second-order valence-electron chi connectivity index (χ2n) is 8.56. The van der Waals surface area contributed by atoms with Crippen LogP contribution in [0.2, 0.25) is 0 Å². The molecule has 0 bridgehead atoms. The Morgan fingerprint density at radius 2 is 1.87 bits per heavy atom. The average Bonchev–Trinajstić information content (AvgIpc) is 2.99. The van der Waals surface area contributed by atoms with E-state index in [4.69, 9.17) is 0 Å². The van der Waals surface area contributed by atoms with Crippen LogP contribution < -0.4 is 5.32 Å². The fourth-order valence-corrected chi connectivity index (χ4v) is 4.84. The number of likely N-dealkylation sites (tertiary alicyclic amines) is 2. The molecule has 1 aromatic rings. The van der Waals surface area contributed by atoms with Gasteiger partial charge in [0.25, 0.3) is 5.91 Å². The smallest absolute Gasteiger partial charge is 0.325 e. The number of amides is 4. The van der Waals surface area contributed by atoms with Gasteiger partial charge in [0.05, 0.1) is 12.5 Å². The van der Waals surface area contributed by atoms with Crippen molar-refractivity contribution in [3.8, 4) is 0 Å². The second kappa shape index (κ2) is 8.34. The number of carbonyl (C=O) groups excluding carboxylic acids is 3. The molecule has 1 spiro atoms. The molecule has 3 fully saturated rings. The van der Waals surface area contributed by atoms with Gasteiger partial charge in [-0.1, -0.05) is 19.1 Å². The van der Waals surface area contributed by atoms with E-state index in [1.165, 1.54) is 17.0 Å². The lowest BCUT2D eigenvalue weighted by atomic mass is 9.87. The molecule has 3 heterocycles. The van der Waals surface area contributed by atoms with Crippen molar-refractivity contribution < 1.29 is 18.8 Å². The Morgan fingerprint density at radius 1 is 1.17 bits per heavy atom. The van der Waals surface area contributed by atoms with Crippen molar-refractivity contribution in [2.75, 3.05) is 32.7 Å². The molecule has 162 valence electrons. The number of nitrogens with zero attached hydrogens (tertiary/aromatic N) is 3. The lowest BCUT2D eigenvalue weighted by Gasteiger charge is -2.39. The first kappa shape index (κ1) is 20.8. The van der Waals surface area contributed by atoms with Crippen LogP contribution in [-0.2, 0) is 16.0 Å². The Labute approximate surface area is 176 Å². The van der Waals surface area contributed by atoms with Crippen molar-refractivity contribution in [1.82, 2.24) is 20.0 Å². The summed E-state index contributed by atoms with van der Waals surface area (Å²) in [6.07, 6.45) is 2.89. The predicted molar refractivity (Wildman–Crippen MR) is 109 cm³/mol. The zero-order valence-corrected chi connectivity index (χ0v) is 17.4. The highest BCUT2D eigenvalue weighted by Crippen LogP contribution is 2.32. The Bertz CT molecular complexity index is 820. The van der Waals surface area contributed by atoms with Crippen LogP contribution in [-0.4, -0.2) is 76.8 Å². The molecule has 0 aliphatic carbocycles. The van der Waals surface area contributed by atoms with Crippen LogP contribution >= 0.6 is 0 Å². The van der Waals surface area contributed by atoms with Crippen molar-refractivity contribution in [3.05, 3.63) is 35.6 Å². The van der Waals surface area contributed by atoms with E-state index in [1.807, 2.05) is 0 Å². The van der Waals surface area contributed by atoms with Gasteiger partial charge in [0, 0.05) is 26.2 Å². The molecule has 30 heavy (non-hydrogen) atoms. The summed E-state index contributed by atoms with van der Waals surface area (Å²) >= 11 is 0. The topological polar surface area (TPSA) is 73.0 Å². The van der Waals surface area contributed by atoms with Crippen LogP contribution in [0.4, 0.5) is 9.18 Å². The molecule has 3 saturated heterocycles. The first-order chi connectivity index (χ1) is 14.4. The van der Waals surface area contributed by atoms with E-state index in [0.717, 1.165) is 31.6 Å².